The molecule has 1 aliphatic rings. The summed E-state index contributed by atoms with van der Waals surface area (Å²) in [6.07, 6.45) is 1.02. The fourth-order valence-corrected chi connectivity index (χ4v) is 3.03. The van der Waals surface area contributed by atoms with Crippen LogP contribution < -0.4 is 4.74 Å². The van der Waals surface area contributed by atoms with Crippen LogP contribution in [0.5, 0.6) is 5.75 Å². The topological polar surface area (TPSA) is 9.23 Å². The van der Waals surface area contributed by atoms with E-state index in [1.807, 2.05) is 25.1 Å². The molecule has 0 radical (unpaired) electrons. The van der Waals surface area contributed by atoms with Crippen molar-refractivity contribution in [3.8, 4) is 16.9 Å². The quantitative estimate of drug-likeness (QED) is 0.662. The van der Waals surface area contributed by atoms with Crippen molar-refractivity contribution in [3.05, 3.63) is 51.0 Å². The van der Waals surface area contributed by atoms with Crippen molar-refractivity contribution < 1.29 is 4.74 Å². The first kappa shape index (κ1) is 13.1. The molecule has 0 fully saturated rings. The molecule has 1 nitrogen and oxygen atoms in total. The highest BCUT2D eigenvalue weighted by Gasteiger charge is 2.24. The first-order valence-electron chi connectivity index (χ1n) is 5.99. The van der Waals surface area contributed by atoms with Gasteiger partial charge in [0.05, 0.1) is 0 Å². The lowest BCUT2D eigenvalue weighted by molar-refractivity contribution is 0.255. The molecule has 1 heterocycles. The Labute approximate surface area is 127 Å². The summed E-state index contributed by atoms with van der Waals surface area (Å²) in [5.41, 5.74) is 2.87. The maximum atomic E-state index is 6.26. The van der Waals surface area contributed by atoms with Gasteiger partial charge in [0, 0.05) is 32.6 Å². The molecule has 1 aliphatic heterocycles. The third kappa shape index (κ3) is 2.43. The van der Waals surface area contributed by atoms with E-state index < -0.39 is 0 Å². The van der Waals surface area contributed by atoms with E-state index in [-0.39, 0.29) is 6.10 Å². The zero-order chi connectivity index (χ0) is 13.6. The van der Waals surface area contributed by atoms with Crippen LogP contribution in [0.2, 0.25) is 15.1 Å². The van der Waals surface area contributed by atoms with Gasteiger partial charge in [0.1, 0.15) is 11.9 Å². The summed E-state index contributed by atoms with van der Waals surface area (Å²) in [6, 6.07) is 9.20. The fraction of sp³-hybridized carbons (Fsp3) is 0.200. The number of benzene rings is 2. The van der Waals surface area contributed by atoms with Crippen LogP contribution in [-0.4, -0.2) is 6.10 Å². The molecule has 1 atom stereocenters. The molecule has 2 aromatic rings. The number of fused-ring (bicyclic) bond motifs is 1. The van der Waals surface area contributed by atoms with E-state index >= 15 is 0 Å². The highest BCUT2D eigenvalue weighted by molar-refractivity contribution is 6.35. The minimum Gasteiger partial charge on any atom is -0.489 e. The molecule has 19 heavy (non-hydrogen) atoms. The van der Waals surface area contributed by atoms with Crippen LogP contribution in [0.4, 0.5) is 0 Å². The Kier molecular flexibility index (Phi) is 3.38. The van der Waals surface area contributed by atoms with Crippen molar-refractivity contribution in [1.29, 1.82) is 0 Å². The van der Waals surface area contributed by atoms with Crippen LogP contribution in [0.3, 0.4) is 0 Å². The minimum atomic E-state index is 0.158. The van der Waals surface area contributed by atoms with Crippen LogP contribution in [0.1, 0.15) is 12.5 Å². The average molecular weight is 314 g/mol. The molecule has 0 bridgehead atoms. The van der Waals surface area contributed by atoms with E-state index in [0.29, 0.717) is 15.1 Å². The third-order valence-corrected chi connectivity index (χ3v) is 3.96. The Balaban J connectivity index is 2.23. The summed E-state index contributed by atoms with van der Waals surface area (Å²) in [4.78, 5) is 0. The summed E-state index contributed by atoms with van der Waals surface area (Å²) in [7, 11) is 0. The van der Waals surface area contributed by atoms with Crippen molar-refractivity contribution in [1.82, 2.24) is 0 Å². The van der Waals surface area contributed by atoms with Crippen LogP contribution in [0.25, 0.3) is 11.1 Å². The SMILES string of the molecule is CC1Cc2cc(Cl)cc(-c3cc(Cl)ccc3Cl)c2O1. The molecule has 0 amide bonds. The first-order valence-corrected chi connectivity index (χ1v) is 7.12. The maximum Gasteiger partial charge on any atom is 0.131 e. The zero-order valence-electron chi connectivity index (χ0n) is 10.2. The second-order valence-corrected chi connectivity index (χ2v) is 5.98. The largest absolute Gasteiger partial charge is 0.489 e. The standard InChI is InChI=1S/C15H11Cl3O/c1-8-4-9-5-11(17)7-13(15(9)19-8)12-6-10(16)2-3-14(12)18/h2-3,5-8H,4H2,1H3. The number of ether oxygens (including phenoxy) is 1. The summed E-state index contributed by atoms with van der Waals surface area (Å²) in [5, 5.41) is 1.96. The minimum absolute atomic E-state index is 0.158. The normalized spacial score (nSPS) is 17.2. The lowest BCUT2D eigenvalue weighted by Gasteiger charge is -2.12. The lowest BCUT2D eigenvalue weighted by atomic mass is 10.0. The van der Waals surface area contributed by atoms with E-state index in [1.54, 1.807) is 12.1 Å². The molecule has 3 rings (SSSR count). The predicted octanol–water partition coefficient (Wildman–Crippen LogP) is 5.64. The lowest BCUT2D eigenvalue weighted by Crippen LogP contribution is -2.05. The van der Waals surface area contributed by atoms with Gasteiger partial charge in [-0.1, -0.05) is 34.8 Å². The molecular weight excluding hydrogens is 303 g/mol. The zero-order valence-corrected chi connectivity index (χ0v) is 12.5. The number of hydrogen-bond donors (Lipinski definition) is 0. The van der Waals surface area contributed by atoms with Gasteiger partial charge >= 0.3 is 0 Å². The average Bonchev–Trinajstić information content (AvgIpc) is 2.71. The molecule has 0 aliphatic carbocycles. The van der Waals surface area contributed by atoms with Gasteiger partial charge in [-0.2, -0.15) is 0 Å². The Morgan fingerprint density at radius 2 is 1.74 bits per heavy atom. The maximum absolute atomic E-state index is 6.26. The van der Waals surface area contributed by atoms with Gasteiger partial charge < -0.3 is 4.74 Å². The Morgan fingerprint density at radius 1 is 1.00 bits per heavy atom. The Hall–Kier alpha value is -0.890. The van der Waals surface area contributed by atoms with Crippen molar-refractivity contribution in [2.24, 2.45) is 0 Å². The van der Waals surface area contributed by atoms with Gasteiger partial charge in [-0.3, -0.25) is 0 Å². The highest BCUT2D eigenvalue weighted by Crippen LogP contribution is 2.43. The Bertz CT molecular complexity index is 652. The van der Waals surface area contributed by atoms with Gasteiger partial charge in [0.25, 0.3) is 0 Å². The molecule has 4 heteroatoms. The van der Waals surface area contributed by atoms with Gasteiger partial charge in [-0.05, 0) is 42.8 Å². The Morgan fingerprint density at radius 3 is 2.53 bits per heavy atom. The number of hydrogen-bond acceptors (Lipinski definition) is 1. The monoisotopic (exact) mass is 312 g/mol. The molecule has 2 aromatic carbocycles. The molecule has 0 spiro atoms. The molecule has 98 valence electrons. The van der Waals surface area contributed by atoms with E-state index in [2.05, 4.69) is 0 Å². The second-order valence-electron chi connectivity index (χ2n) is 4.70. The van der Waals surface area contributed by atoms with Crippen LogP contribution >= 0.6 is 34.8 Å². The second kappa shape index (κ2) is 4.90. The van der Waals surface area contributed by atoms with Crippen molar-refractivity contribution in [2.75, 3.05) is 0 Å². The van der Waals surface area contributed by atoms with Crippen molar-refractivity contribution in [2.45, 2.75) is 19.4 Å². The van der Waals surface area contributed by atoms with Gasteiger partial charge in [0.15, 0.2) is 0 Å². The first-order chi connectivity index (χ1) is 9.04. The van der Waals surface area contributed by atoms with Crippen molar-refractivity contribution >= 4 is 34.8 Å². The summed E-state index contributed by atoms with van der Waals surface area (Å²) >= 11 is 18.5. The van der Waals surface area contributed by atoms with Crippen LogP contribution in [0.15, 0.2) is 30.3 Å². The van der Waals surface area contributed by atoms with E-state index in [0.717, 1.165) is 28.9 Å². The van der Waals surface area contributed by atoms with Crippen LogP contribution in [0, 0.1) is 0 Å². The van der Waals surface area contributed by atoms with E-state index in [4.69, 9.17) is 39.5 Å². The molecule has 0 saturated heterocycles. The van der Waals surface area contributed by atoms with Gasteiger partial charge in [0.2, 0.25) is 0 Å². The van der Waals surface area contributed by atoms with E-state index in [1.165, 1.54) is 0 Å². The van der Waals surface area contributed by atoms with Gasteiger partial charge in [-0.15, -0.1) is 0 Å². The fourth-order valence-electron chi connectivity index (χ4n) is 2.40. The number of rotatable bonds is 1. The van der Waals surface area contributed by atoms with Crippen LogP contribution in [-0.2, 0) is 6.42 Å². The molecule has 0 saturated carbocycles. The smallest absolute Gasteiger partial charge is 0.131 e. The third-order valence-electron chi connectivity index (χ3n) is 3.18. The molecule has 1 unspecified atom stereocenters. The summed E-state index contributed by atoms with van der Waals surface area (Å²) in [6.45, 7) is 2.04. The highest BCUT2D eigenvalue weighted by atomic mass is 35.5. The van der Waals surface area contributed by atoms with E-state index in [9.17, 15) is 0 Å². The van der Waals surface area contributed by atoms with Crippen molar-refractivity contribution in [3.63, 3.8) is 0 Å². The number of halogens is 3. The van der Waals surface area contributed by atoms with Gasteiger partial charge in [-0.25, -0.2) is 0 Å². The predicted molar refractivity (Wildman–Crippen MR) is 80.7 cm³/mol. The molecular formula is C15H11Cl3O. The summed E-state index contributed by atoms with van der Waals surface area (Å²) in [5.74, 6) is 0.862. The molecule has 0 aromatic heterocycles. The summed E-state index contributed by atoms with van der Waals surface area (Å²) < 4.78 is 5.88. The molecule has 0 N–H and O–H groups in total.